The minimum atomic E-state index is -0.458. The average molecular weight is 346 g/mol. The van der Waals surface area contributed by atoms with E-state index in [1.54, 1.807) is 0 Å². The molecular formula is C22H22N2O2. The van der Waals surface area contributed by atoms with Crippen LogP contribution < -0.4 is 0 Å². The highest BCUT2D eigenvalue weighted by atomic mass is 16.6. The second-order valence-electron chi connectivity index (χ2n) is 7.45. The smallest absolute Gasteiger partial charge is 0.356 e. The maximum atomic E-state index is 12.6. The molecule has 3 aromatic rings. The van der Waals surface area contributed by atoms with E-state index in [0.29, 0.717) is 0 Å². The fourth-order valence-electron chi connectivity index (χ4n) is 4.64. The van der Waals surface area contributed by atoms with Crippen molar-refractivity contribution in [3.05, 3.63) is 71.4 Å². The quantitative estimate of drug-likeness (QED) is 0.661. The molecule has 0 aliphatic carbocycles. The van der Waals surface area contributed by atoms with Crippen LogP contribution in [0.25, 0.3) is 10.9 Å². The first kappa shape index (κ1) is 15.6. The number of piperidine rings is 1. The molecule has 3 heterocycles. The summed E-state index contributed by atoms with van der Waals surface area (Å²) in [5.41, 5.74) is 3.83. The molecule has 0 atom stereocenters. The van der Waals surface area contributed by atoms with Crippen molar-refractivity contribution in [3.8, 4) is 0 Å². The van der Waals surface area contributed by atoms with E-state index in [1.165, 1.54) is 5.56 Å². The minimum absolute atomic E-state index is 0.171. The minimum Gasteiger partial charge on any atom is -0.449 e. The zero-order chi connectivity index (χ0) is 17.7. The zero-order valence-corrected chi connectivity index (χ0v) is 14.9. The van der Waals surface area contributed by atoms with Crippen LogP contribution in [-0.2, 0) is 23.9 Å². The second kappa shape index (κ2) is 5.71. The number of nitrogens with zero attached hydrogens (tertiary/aromatic N) is 2. The largest absolute Gasteiger partial charge is 0.449 e. The van der Waals surface area contributed by atoms with Crippen LogP contribution in [0.4, 0.5) is 0 Å². The molecule has 26 heavy (non-hydrogen) atoms. The van der Waals surface area contributed by atoms with Crippen LogP contribution in [-0.4, -0.2) is 28.5 Å². The molecule has 0 unspecified atom stereocenters. The van der Waals surface area contributed by atoms with Crippen LogP contribution in [0, 0.1) is 0 Å². The van der Waals surface area contributed by atoms with Crippen molar-refractivity contribution in [1.82, 2.24) is 9.47 Å². The third-order valence-electron chi connectivity index (χ3n) is 5.96. The molecule has 2 aliphatic heterocycles. The molecule has 1 saturated heterocycles. The number of hydrogen-bond acceptors (Lipinski definition) is 3. The van der Waals surface area contributed by atoms with Gasteiger partial charge in [-0.25, -0.2) is 4.79 Å². The van der Waals surface area contributed by atoms with E-state index >= 15 is 0 Å². The van der Waals surface area contributed by atoms with Gasteiger partial charge in [0, 0.05) is 56.0 Å². The lowest BCUT2D eigenvalue weighted by atomic mass is 9.84. The monoisotopic (exact) mass is 346 g/mol. The van der Waals surface area contributed by atoms with Crippen LogP contribution in [0.3, 0.4) is 0 Å². The maximum absolute atomic E-state index is 12.6. The van der Waals surface area contributed by atoms with Crippen LogP contribution in [0.5, 0.6) is 0 Å². The molecule has 1 spiro atoms. The van der Waals surface area contributed by atoms with Crippen LogP contribution in [0.1, 0.15) is 34.5 Å². The number of benzene rings is 2. The van der Waals surface area contributed by atoms with Crippen molar-refractivity contribution in [2.24, 2.45) is 7.05 Å². The van der Waals surface area contributed by atoms with E-state index in [1.807, 2.05) is 23.7 Å². The van der Waals surface area contributed by atoms with E-state index in [0.717, 1.165) is 54.6 Å². The summed E-state index contributed by atoms with van der Waals surface area (Å²) in [7, 11) is 1.96. The molecule has 4 nitrogen and oxygen atoms in total. The summed E-state index contributed by atoms with van der Waals surface area (Å²) in [4.78, 5) is 15.1. The average Bonchev–Trinajstić information content (AvgIpc) is 3.13. The molecule has 132 valence electrons. The Morgan fingerprint density at radius 1 is 1.00 bits per heavy atom. The summed E-state index contributed by atoms with van der Waals surface area (Å²) < 4.78 is 8.00. The van der Waals surface area contributed by atoms with Crippen molar-refractivity contribution >= 4 is 16.9 Å². The normalized spacial score (nSPS) is 19.0. The van der Waals surface area contributed by atoms with E-state index < -0.39 is 5.60 Å². The summed E-state index contributed by atoms with van der Waals surface area (Å²) in [6.45, 7) is 2.82. The lowest BCUT2D eigenvalue weighted by molar-refractivity contribution is -0.0436. The Kier molecular flexibility index (Phi) is 3.44. The number of carbonyl (C=O) groups excluding carboxylic acids is 1. The number of ether oxygens (including phenoxy) is 1. The lowest BCUT2D eigenvalue weighted by Crippen LogP contribution is -2.42. The highest BCUT2D eigenvalue weighted by Gasteiger charge is 2.50. The summed E-state index contributed by atoms with van der Waals surface area (Å²) in [6, 6.07) is 18.8. The Bertz CT molecular complexity index is 982. The molecule has 0 N–H and O–H groups in total. The summed E-state index contributed by atoms with van der Waals surface area (Å²) >= 11 is 0. The predicted octanol–water partition coefficient (Wildman–Crippen LogP) is 3.84. The third-order valence-corrected chi connectivity index (χ3v) is 5.96. The van der Waals surface area contributed by atoms with Gasteiger partial charge in [-0.1, -0.05) is 48.5 Å². The first-order valence-electron chi connectivity index (χ1n) is 9.25. The Morgan fingerprint density at radius 3 is 2.46 bits per heavy atom. The Morgan fingerprint density at radius 2 is 1.69 bits per heavy atom. The van der Waals surface area contributed by atoms with Crippen LogP contribution in [0.15, 0.2) is 54.6 Å². The van der Waals surface area contributed by atoms with Crippen molar-refractivity contribution < 1.29 is 9.53 Å². The summed E-state index contributed by atoms with van der Waals surface area (Å²) in [5, 5.41) is 1.16. The number of esters is 1. The van der Waals surface area contributed by atoms with Gasteiger partial charge in [-0.15, -0.1) is 0 Å². The molecule has 5 rings (SSSR count). The molecule has 1 fully saturated rings. The fraction of sp³-hybridized carbons (Fsp3) is 0.318. The van der Waals surface area contributed by atoms with E-state index in [4.69, 9.17) is 4.74 Å². The lowest BCUT2D eigenvalue weighted by Gasteiger charge is -2.38. The SMILES string of the molecule is Cn1c2c(c3ccccc31)C1(CCN(Cc3ccccc3)CC1)OC2=O. The van der Waals surface area contributed by atoms with Crippen LogP contribution >= 0.6 is 0 Å². The van der Waals surface area contributed by atoms with E-state index in [-0.39, 0.29) is 5.97 Å². The highest BCUT2D eigenvalue weighted by molar-refractivity contribution is 6.02. The Labute approximate surface area is 153 Å². The molecular weight excluding hydrogens is 324 g/mol. The number of fused-ring (bicyclic) bond motifs is 4. The van der Waals surface area contributed by atoms with Gasteiger partial charge >= 0.3 is 5.97 Å². The van der Waals surface area contributed by atoms with Gasteiger partial charge in [-0.05, 0) is 11.6 Å². The molecule has 0 amide bonds. The van der Waals surface area contributed by atoms with Gasteiger partial charge in [0.15, 0.2) is 0 Å². The molecule has 4 heteroatoms. The van der Waals surface area contributed by atoms with E-state index in [2.05, 4.69) is 47.4 Å². The van der Waals surface area contributed by atoms with Gasteiger partial charge in [0.2, 0.25) is 0 Å². The first-order valence-corrected chi connectivity index (χ1v) is 9.25. The number of likely N-dealkylation sites (tertiary alicyclic amines) is 1. The highest BCUT2D eigenvalue weighted by Crippen LogP contribution is 2.48. The molecule has 1 aromatic heterocycles. The van der Waals surface area contributed by atoms with Crippen molar-refractivity contribution in [2.75, 3.05) is 13.1 Å². The van der Waals surface area contributed by atoms with Gasteiger partial charge in [0.1, 0.15) is 11.3 Å². The summed E-state index contributed by atoms with van der Waals surface area (Å²) in [5.74, 6) is -0.171. The van der Waals surface area contributed by atoms with Crippen molar-refractivity contribution in [2.45, 2.75) is 25.0 Å². The zero-order valence-electron chi connectivity index (χ0n) is 14.9. The number of carbonyl (C=O) groups is 1. The van der Waals surface area contributed by atoms with Crippen molar-refractivity contribution in [3.63, 3.8) is 0 Å². The molecule has 0 saturated carbocycles. The topological polar surface area (TPSA) is 34.5 Å². The molecule has 0 radical (unpaired) electrons. The number of hydrogen-bond donors (Lipinski definition) is 0. The van der Waals surface area contributed by atoms with Crippen LogP contribution in [0.2, 0.25) is 0 Å². The molecule has 2 aromatic carbocycles. The predicted molar refractivity (Wildman–Crippen MR) is 101 cm³/mol. The number of para-hydroxylation sites is 1. The molecule has 2 aliphatic rings. The number of rotatable bonds is 2. The Balaban J connectivity index is 1.46. The first-order chi connectivity index (χ1) is 12.7. The van der Waals surface area contributed by atoms with E-state index in [9.17, 15) is 4.79 Å². The maximum Gasteiger partial charge on any atom is 0.356 e. The third kappa shape index (κ3) is 2.22. The standard InChI is InChI=1S/C22H22N2O2/c1-23-18-10-6-5-9-17(18)19-20(23)21(25)26-22(19)11-13-24(14-12-22)15-16-7-3-2-4-8-16/h2-10H,11-15H2,1H3. The second-order valence-corrected chi connectivity index (χ2v) is 7.45. The summed E-state index contributed by atoms with van der Waals surface area (Å²) in [6.07, 6.45) is 1.71. The van der Waals surface area contributed by atoms with Gasteiger partial charge in [0.25, 0.3) is 0 Å². The number of aryl methyl sites for hydroxylation is 1. The number of aromatic nitrogens is 1. The molecule has 0 bridgehead atoms. The van der Waals surface area contributed by atoms with Gasteiger partial charge in [-0.2, -0.15) is 0 Å². The van der Waals surface area contributed by atoms with Crippen molar-refractivity contribution in [1.29, 1.82) is 0 Å². The van der Waals surface area contributed by atoms with Gasteiger partial charge in [-0.3, -0.25) is 4.90 Å². The Hall–Kier alpha value is -2.59. The van der Waals surface area contributed by atoms with Gasteiger partial charge < -0.3 is 9.30 Å². The fourth-order valence-corrected chi connectivity index (χ4v) is 4.64. The van der Waals surface area contributed by atoms with Gasteiger partial charge in [0.05, 0.1) is 0 Å².